The Hall–Kier alpha value is -0.910. The maximum absolute atomic E-state index is 12.9. The highest BCUT2D eigenvalue weighted by molar-refractivity contribution is 7.89. The van der Waals surface area contributed by atoms with E-state index in [0.717, 1.165) is 11.1 Å². The second-order valence-corrected chi connectivity index (χ2v) is 8.32. The predicted molar refractivity (Wildman–Crippen MR) is 87.5 cm³/mol. The topological polar surface area (TPSA) is 63.4 Å². The Bertz CT molecular complexity index is 556. The van der Waals surface area contributed by atoms with Crippen molar-refractivity contribution in [1.29, 1.82) is 0 Å². The molecule has 0 unspecified atom stereocenters. The molecule has 0 aliphatic heterocycles. The van der Waals surface area contributed by atoms with Gasteiger partial charge >= 0.3 is 0 Å². The summed E-state index contributed by atoms with van der Waals surface area (Å²) in [4.78, 5) is 0.390. The summed E-state index contributed by atoms with van der Waals surface area (Å²) in [5.41, 5.74) is 7.32. The number of hydrogen-bond donors (Lipinski definition) is 1. The second kappa shape index (κ2) is 7.38. The van der Waals surface area contributed by atoms with Crippen molar-refractivity contribution in [2.45, 2.75) is 46.1 Å². The van der Waals surface area contributed by atoms with E-state index in [-0.39, 0.29) is 0 Å². The Balaban J connectivity index is 3.21. The Morgan fingerprint density at radius 2 is 1.62 bits per heavy atom. The first-order chi connectivity index (χ1) is 9.68. The molecule has 0 saturated carbocycles. The average molecular weight is 312 g/mol. The summed E-state index contributed by atoms with van der Waals surface area (Å²) < 4.78 is 27.4. The monoisotopic (exact) mass is 312 g/mol. The Labute approximate surface area is 129 Å². The summed E-state index contributed by atoms with van der Waals surface area (Å²) in [6, 6.07) is 5.33. The van der Waals surface area contributed by atoms with Gasteiger partial charge in [0.05, 0.1) is 4.90 Å². The molecule has 0 spiro atoms. The van der Waals surface area contributed by atoms with Gasteiger partial charge in [0.15, 0.2) is 0 Å². The lowest BCUT2D eigenvalue weighted by atomic mass is 10.1. The highest BCUT2D eigenvalue weighted by atomic mass is 32.2. The van der Waals surface area contributed by atoms with Crippen molar-refractivity contribution in [3.05, 3.63) is 29.3 Å². The summed E-state index contributed by atoms with van der Waals surface area (Å²) in [6.07, 6.45) is 0. The van der Waals surface area contributed by atoms with Crippen LogP contribution in [0, 0.1) is 18.8 Å². The highest BCUT2D eigenvalue weighted by Gasteiger charge is 2.27. The molecule has 5 heteroatoms. The molecule has 4 nitrogen and oxygen atoms in total. The quantitative estimate of drug-likeness (QED) is 0.842. The number of rotatable bonds is 7. The van der Waals surface area contributed by atoms with Gasteiger partial charge in [-0.1, -0.05) is 39.8 Å². The number of nitrogens with zero attached hydrogens (tertiary/aromatic N) is 1. The molecule has 1 aromatic rings. The van der Waals surface area contributed by atoms with Crippen LogP contribution in [-0.4, -0.2) is 25.8 Å². The molecule has 1 rings (SSSR count). The van der Waals surface area contributed by atoms with Crippen LogP contribution in [-0.2, 0) is 16.6 Å². The zero-order valence-electron chi connectivity index (χ0n) is 13.8. The predicted octanol–water partition coefficient (Wildman–Crippen LogP) is 2.76. The lowest BCUT2D eigenvalue weighted by molar-refractivity contribution is 0.333. The van der Waals surface area contributed by atoms with Crippen LogP contribution in [0.4, 0.5) is 0 Å². The van der Waals surface area contributed by atoms with Crippen LogP contribution in [0.1, 0.15) is 38.8 Å². The fourth-order valence-corrected chi connectivity index (χ4v) is 4.33. The molecule has 0 aliphatic carbocycles. The SMILES string of the molecule is Cc1cc(CN)ccc1S(=O)(=O)N(CC(C)C)CC(C)C. The van der Waals surface area contributed by atoms with E-state index in [9.17, 15) is 8.42 Å². The van der Waals surface area contributed by atoms with Crippen LogP contribution in [0.15, 0.2) is 23.1 Å². The van der Waals surface area contributed by atoms with Crippen molar-refractivity contribution in [3.63, 3.8) is 0 Å². The van der Waals surface area contributed by atoms with Crippen LogP contribution in [0.25, 0.3) is 0 Å². The van der Waals surface area contributed by atoms with Gasteiger partial charge in [-0.05, 0) is 36.0 Å². The normalized spacial score (nSPS) is 12.6. The van der Waals surface area contributed by atoms with Gasteiger partial charge in [-0.15, -0.1) is 0 Å². The van der Waals surface area contributed by atoms with Gasteiger partial charge in [-0.2, -0.15) is 4.31 Å². The summed E-state index contributed by atoms with van der Waals surface area (Å²) in [5.74, 6) is 0.587. The summed E-state index contributed by atoms with van der Waals surface area (Å²) in [7, 11) is -3.45. The third kappa shape index (κ3) is 4.80. The zero-order valence-corrected chi connectivity index (χ0v) is 14.6. The highest BCUT2D eigenvalue weighted by Crippen LogP contribution is 2.23. The summed E-state index contributed by atoms with van der Waals surface area (Å²) >= 11 is 0. The molecule has 0 fully saturated rings. The van der Waals surface area contributed by atoms with Crippen LogP contribution in [0.2, 0.25) is 0 Å². The molecule has 1 aromatic carbocycles. The molecule has 0 heterocycles. The second-order valence-electron chi connectivity index (χ2n) is 6.41. The number of sulfonamides is 1. The number of aryl methyl sites for hydroxylation is 1. The van der Waals surface area contributed by atoms with E-state index in [1.165, 1.54) is 0 Å². The van der Waals surface area contributed by atoms with Crippen LogP contribution in [0.5, 0.6) is 0 Å². The van der Waals surface area contributed by atoms with E-state index in [4.69, 9.17) is 5.73 Å². The van der Waals surface area contributed by atoms with Gasteiger partial charge < -0.3 is 5.73 Å². The molecular formula is C16H28N2O2S. The van der Waals surface area contributed by atoms with Crippen LogP contribution in [0.3, 0.4) is 0 Å². The van der Waals surface area contributed by atoms with Crippen molar-refractivity contribution in [2.24, 2.45) is 17.6 Å². The minimum atomic E-state index is -3.45. The molecule has 0 amide bonds. The van der Waals surface area contributed by atoms with Gasteiger partial charge in [0.1, 0.15) is 0 Å². The van der Waals surface area contributed by atoms with Crippen LogP contribution >= 0.6 is 0 Å². The first-order valence-electron chi connectivity index (χ1n) is 7.48. The Kier molecular flexibility index (Phi) is 6.38. The number of benzene rings is 1. The fraction of sp³-hybridized carbons (Fsp3) is 0.625. The maximum atomic E-state index is 12.9. The smallest absolute Gasteiger partial charge is 0.243 e. The number of hydrogen-bond acceptors (Lipinski definition) is 3. The summed E-state index contributed by atoms with van der Waals surface area (Å²) in [5, 5.41) is 0. The average Bonchev–Trinajstić information content (AvgIpc) is 2.36. The van der Waals surface area contributed by atoms with Crippen molar-refractivity contribution >= 4 is 10.0 Å². The molecule has 0 aromatic heterocycles. The van der Waals surface area contributed by atoms with Crippen molar-refractivity contribution < 1.29 is 8.42 Å². The molecule has 0 saturated heterocycles. The van der Waals surface area contributed by atoms with Gasteiger partial charge in [0.25, 0.3) is 0 Å². The molecule has 0 aliphatic rings. The molecule has 21 heavy (non-hydrogen) atoms. The van der Waals surface area contributed by atoms with E-state index in [1.807, 2.05) is 40.7 Å². The minimum Gasteiger partial charge on any atom is -0.326 e. The van der Waals surface area contributed by atoms with Crippen LogP contribution < -0.4 is 5.73 Å². The lowest BCUT2D eigenvalue weighted by Gasteiger charge is -2.26. The number of nitrogens with two attached hydrogens (primary N) is 1. The minimum absolute atomic E-state index is 0.294. The molecule has 2 N–H and O–H groups in total. The van der Waals surface area contributed by atoms with Crippen molar-refractivity contribution in [2.75, 3.05) is 13.1 Å². The maximum Gasteiger partial charge on any atom is 0.243 e. The molecule has 120 valence electrons. The first kappa shape index (κ1) is 18.1. The molecule has 0 radical (unpaired) electrons. The molecule has 0 bridgehead atoms. The van der Waals surface area contributed by atoms with E-state index in [2.05, 4.69) is 0 Å². The first-order valence-corrected chi connectivity index (χ1v) is 8.92. The third-order valence-electron chi connectivity index (χ3n) is 3.23. The fourth-order valence-electron chi connectivity index (χ4n) is 2.35. The Morgan fingerprint density at radius 3 is 2.00 bits per heavy atom. The van der Waals surface area contributed by atoms with Gasteiger partial charge in [0, 0.05) is 19.6 Å². The van der Waals surface area contributed by atoms with Gasteiger partial charge in [-0.3, -0.25) is 0 Å². The summed E-state index contributed by atoms with van der Waals surface area (Å²) in [6.45, 7) is 11.5. The lowest BCUT2D eigenvalue weighted by Crippen LogP contribution is -2.37. The van der Waals surface area contributed by atoms with E-state index >= 15 is 0 Å². The third-order valence-corrected chi connectivity index (χ3v) is 5.22. The standard InChI is InChI=1S/C16H28N2O2S/c1-12(2)10-18(11-13(3)4)21(19,20)16-7-6-15(9-17)8-14(16)5/h6-8,12-13H,9-11,17H2,1-5H3. The van der Waals surface area contributed by atoms with E-state index in [0.29, 0.717) is 36.4 Å². The van der Waals surface area contributed by atoms with E-state index < -0.39 is 10.0 Å². The van der Waals surface area contributed by atoms with Crippen molar-refractivity contribution in [1.82, 2.24) is 4.31 Å². The van der Waals surface area contributed by atoms with Gasteiger partial charge in [0.2, 0.25) is 10.0 Å². The zero-order chi connectivity index (χ0) is 16.2. The Morgan fingerprint density at radius 1 is 1.10 bits per heavy atom. The van der Waals surface area contributed by atoms with Gasteiger partial charge in [-0.25, -0.2) is 8.42 Å². The molecular weight excluding hydrogens is 284 g/mol. The van der Waals surface area contributed by atoms with E-state index in [1.54, 1.807) is 16.4 Å². The largest absolute Gasteiger partial charge is 0.326 e. The van der Waals surface area contributed by atoms with Crippen molar-refractivity contribution in [3.8, 4) is 0 Å². The molecule has 0 atom stereocenters.